The zero-order valence-corrected chi connectivity index (χ0v) is 10.5. The number of ketones is 1. The van der Waals surface area contributed by atoms with Gasteiger partial charge in [0.1, 0.15) is 5.78 Å². The van der Waals surface area contributed by atoms with E-state index in [1.165, 1.54) is 0 Å². The molecule has 2 unspecified atom stereocenters. The third kappa shape index (κ3) is 3.94. The Morgan fingerprint density at radius 3 is 2.73 bits per heavy atom. The molecule has 0 spiro atoms. The molecule has 1 saturated carbocycles. The highest BCUT2D eigenvalue weighted by Crippen LogP contribution is 2.31. The lowest BCUT2D eigenvalue weighted by molar-refractivity contribution is -0.126. The first-order chi connectivity index (χ1) is 6.94. The maximum absolute atomic E-state index is 11.7. The van der Waals surface area contributed by atoms with Gasteiger partial charge in [0.25, 0.3) is 0 Å². The number of carbonyl (C=O) groups excluding carboxylic acids is 1. The largest absolute Gasteiger partial charge is 0.379 e. The van der Waals surface area contributed by atoms with Gasteiger partial charge in [0.05, 0.1) is 5.60 Å². The topological polar surface area (TPSA) is 26.3 Å². The highest BCUT2D eigenvalue weighted by Gasteiger charge is 2.28. The molecule has 1 aliphatic rings. The van der Waals surface area contributed by atoms with Gasteiger partial charge >= 0.3 is 0 Å². The van der Waals surface area contributed by atoms with Crippen molar-refractivity contribution in [2.75, 3.05) is 7.11 Å². The lowest BCUT2D eigenvalue weighted by Gasteiger charge is -2.29. The maximum Gasteiger partial charge on any atom is 0.135 e. The van der Waals surface area contributed by atoms with Gasteiger partial charge in [-0.3, -0.25) is 4.79 Å². The minimum atomic E-state index is -0.0824. The predicted molar refractivity (Wildman–Crippen MR) is 61.8 cm³/mol. The Labute approximate surface area is 93.4 Å². The summed E-state index contributed by atoms with van der Waals surface area (Å²) < 4.78 is 5.38. The molecular formula is C13H24O2. The lowest BCUT2D eigenvalue weighted by atomic mass is 9.78. The van der Waals surface area contributed by atoms with E-state index in [9.17, 15) is 4.79 Å². The molecule has 1 aliphatic carbocycles. The first kappa shape index (κ1) is 12.7. The average molecular weight is 212 g/mol. The zero-order valence-electron chi connectivity index (χ0n) is 10.5. The van der Waals surface area contributed by atoms with Gasteiger partial charge in [0, 0.05) is 19.4 Å². The number of ether oxygens (including phenoxy) is 1. The summed E-state index contributed by atoms with van der Waals surface area (Å²) in [5.74, 6) is 1.49. The summed E-state index contributed by atoms with van der Waals surface area (Å²) in [5.41, 5.74) is -0.0824. The fourth-order valence-electron chi connectivity index (χ4n) is 2.23. The molecule has 0 saturated heterocycles. The van der Waals surface area contributed by atoms with Gasteiger partial charge in [-0.1, -0.05) is 6.92 Å². The van der Waals surface area contributed by atoms with Crippen LogP contribution in [0.1, 0.15) is 52.9 Å². The SMILES string of the molecule is COC(C)(C)CCC1CC(C)CCC1=O. The number of carbonyl (C=O) groups is 1. The van der Waals surface area contributed by atoms with Crippen LogP contribution in [0.25, 0.3) is 0 Å². The highest BCUT2D eigenvalue weighted by atomic mass is 16.5. The summed E-state index contributed by atoms with van der Waals surface area (Å²) in [4.78, 5) is 11.7. The fourth-order valence-corrected chi connectivity index (χ4v) is 2.23. The van der Waals surface area contributed by atoms with E-state index in [4.69, 9.17) is 4.74 Å². The van der Waals surface area contributed by atoms with Crippen molar-refractivity contribution in [2.45, 2.75) is 58.5 Å². The monoisotopic (exact) mass is 212 g/mol. The molecule has 0 amide bonds. The van der Waals surface area contributed by atoms with Crippen LogP contribution in [0.3, 0.4) is 0 Å². The van der Waals surface area contributed by atoms with E-state index in [1.807, 2.05) is 0 Å². The summed E-state index contributed by atoms with van der Waals surface area (Å²) in [6, 6.07) is 0. The first-order valence-corrected chi connectivity index (χ1v) is 6.02. The Bertz CT molecular complexity index is 221. The Balaban J connectivity index is 2.40. The minimum absolute atomic E-state index is 0.0824. The van der Waals surface area contributed by atoms with E-state index < -0.39 is 0 Å². The molecule has 2 atom stereocenters. The van der Waals surface area contributed by atoms with E-state index in [0.717, 1.165) is 38.0 Å². The molecule has 0 aromatic rings. The summed E-state index contributed by atoms with van der Waals surface area (Å²) in [6.45, 7) is 6.42. The van der Waals surface area contributed by atoms with E-state index in [-0.39, 0.29) is 5.60 Å². The second-order valence-corrected chi connectivity index (χ2v) is 5.55. The third-order valence-electron chi connectivity index (χ3n) is 3.67. The summed E-state index contributed by atoms with van der Waals surface area (Å²) >= 11 is 0. The molecule has 0 bridgehead atoms. The smallest absolute Gasteiger partial charge is 0.135 e. The first-order valence-electron chi connectivity index (χ1n) is 6.02. The van der Waals surface area contributed by atoms with Crippen molar-refractivity contribution in [1.29, 1.82) is 0 Å². The van der Waals surface area contributed by atoms with Crippen LogP contribution >= 0.6 is 0 Å². The number of methoxy groups -OCH3 is 1. The second kappa shape index (κ2) is 5.11. The maximum atomic E-state index is 11.7. The molecule has 1 rings (SSSR count). The third-order valence-corrected chi connectivity index (χ3v) is 3.67. The van der Waals surface area contributed by atoms with Gasteiger partial charge in [0.15, 0.2) is 0 Å². The van der Waals surface area contributed by atoms with Gasteiger partial charge in [-0.15, -0.1) is 0 Å². The number of hydrogen-bond donors (Lipinski definition) is 0. The Kier molecular flexibility index (Phi) is 4.32. The summed E-state index contributed by atoms with van der Waals surface area (Å²) in [5, 5.41) is 0. The van der Waals surface area contributed by atoms with Crippen LogP contribution < -0.4 is 0 Å². The van der Waals surface area contributed by atoms with Crippen LogP contribution in [0, 0.1) is 11.8 Å². The number of hydrogen-bond acceptors (Lipinski definition) is 2. The average Bonchev–Trinajstić information content (AvgIpc) is 2.20. The van der Waals surface area contributed by atoms with E-state index in [2.05, 4.69) is 20.8 Å². The molecule has 0 aromatic carbocycles. The molecule has 0 N–H and O–H groups in total. The van der Waals surface area contributed by atoms with Crippen molar-refractivity contribution in [2.24, 2.45) is 11.8 Å². The van der Waals surface area contributed by atoms with Gasteiger partial charge in [0.2, 0.25) is 0 Å². The number of rotatable bonds is 4. The molecule has 1 fully saturated rings. The second-order valence-electron chi connectivity index (χ2n) is 5.55. The van der Waals surface area contributed by atoms with E-state index in [0.29, 0.717) is 11.7 Å². The van der Waals surface area contributed by atoms with Crippen molar-refractivity contribution in [3.63, 3.8) is 0 Å². The van der Waals surface area contributed by atoms with Gasteiger partial charge in [-0.2, -0.15) is 0 Å². The van der Waals surface area contributed by atoms with Crippen LogP contribution in [0.4, 0.5) is 0 Å². The standard InChI is InChI=1S/C13H24O2/c1-10-5-6-12(14)11(9-10)7-8-13(2,3)15-4/h10-11H,5-9H2,1-4H3. The molecule has 0 heterocycles. The van der Waals surface area contributed by atoms with E-state index >= 15 is 0 Å². The highest BCUT2D eigenvalue weighted by molar-refractivity contribution is 5.81. The molecule has 88 valence electrons. The van der Waals surface area contributed by atoms with Gasteiger partial charge in [-0.25, -0.2) is 0 Å². The summed E-state index contributed by atoms with van der Waals surface area (Å²) in [7, 11) is 1.74. The Hall–Kier alpha value is -0.370. The zero-order chi connectivity index (χ0) is 11.5. The number of Topliss-reactive ketones (excluding diaryl/α,β-unsaturated/α-hetero) is 1. The van der Waals surface area contributed by atoms with Crippen LogP contribution in [0.2, 0.25) is 0 Å². The molecule has 15 heavy (non-hydrogen) atoms. The fraction of sp³-hybridized carbons (Fsp3) is 0.923. The van der Waals surface area contributed by atoms with Crippen LogP contribution in [-0.4, -0.2) is 18.5 Å². The Morgan fingerprint density at radius 2 is 2.13 bits per heavy atom. The normalized spacial score (nSPS) is 28.1. The molecule has 0 aliphatic heterocycles. The molecule has 0 radical (unpaired) electrons. The molecular weight excluding hydrogens is 188 g/mol. The lowest BCUT2D eigenvalue weighted by Crippen LogP contribution is -2.28. The quantitative estimate of drug-likeness (QED) is 0.715. The van der Waals surface area contributed by atoms with Crippen LogP contribution in [0.5, 0.6) is 0 Å². The van der Waals surface area contributed by atoms with Crippen molar-refractivity contribution in [3.05, 3.63) is 0 Å². The van der Waals surface area contributed by atoms with Crippen molar-refractivity contribution < 1.29 is 9.53 Å². The van der Waals surface area contributed by atoms with E-state index in [1.54, 1.807) is 7.11 Å². The summed E-state index contributed by atoms with van der Waals surface area (Å²) in [6.07, 6.45) is 4.93. The molecule has 0 aromatic heterocycles. The van der Waals surface area contributed by atoms with Crippen LogP contribution in [-0.2, 0) is 9.53 Å². The van der Waals surface area contributed by atoms with Crippen LogP contribution in [0.15, 0.2) is 0 Å². The van der Waals surface area contributed by atoms with Gasteiger partial charge < -0.3 is 4.74 Å². The Morgan fingerprint density at radius 1 is 1.47 bits per heavy atom. The predicted octanol–water partition coefficient (Wildman–Crippen LogP) is 3.20. The minimum Gasteiger partial charge on any atom is -0.379 e. The van der Waals surface area contributed by atoms with Crippen molar-refractivity contribution in [3.8, 4) is 0 Å². The molecule has 2 heteroatoms. The van der Waals surface area contributed by atoms with Crippen molar-refractivity contribution >= 4 is 5.78 Å². The van der Waals surface area contributed by atoms with Crippen molar-refractivity contribution in [1.82, 2.24) is 0 Å². The van der Waals surface area contributed by atoms with Gasteiger partial charge in [-0.05, 0) is 45.4 Å². The molecule has 2 nitrogen and oxygen atoms in total.